The van der Waals surface area contributed by atoms with E-state index in [0.29, 0.717) is 12.8 Å². The van der Waals surface area contributed by atoms with Crippen LogP contribution >= 0.6 is 0 Å². The van der Waals surface area contributed by atoms with Crippen molar-refractivity contribution in [1.82, 2.24) is 5.32 Å². The maximum Gasteiger partial charge on any atom is 0.326 e. The molecule has 2 N–H and O–H groups in total. The molecule has 0 aromatic rings. The summed E-state index contributed by atoms with van der Waals surface area (Å²) in [7, 11) is 0. The molecule has 1 rings (SSSR count). The third-order valence-corrected chi connectivity index (χ3v) is 2.08. The standard InChI is InChI=1S/C10H13NO3/c12-7-11-9(10(13)14)6-8-4-2-1-3-5-8/h2,4-5,7,9H,1,3,6H2,(H,11,12)(H,13,14)/t9-/m0/s1. The largest absolute Gasteiger partial charge is 0.480 e. The molecule has 0 aromatic heterocycles. The fraction of sp³-hybridized carbons (Fsp3) is 0.400. The Balaban J connectivity index is 2.54. The van der Waals surface area contributed by atoms with Crippen molar-refractivity contribution < 1.29 is 14.7 Å². The van der Waals surface area contributed by atoms with Gasteiger partial charge >= 0.3 is 5.97 Å². The van der Waals surface area contributed by atoms with Crippen LogP contribution in [0, 0.1) is 0 Å². The lowest BCUT2D eigenvalue weighted by molar-refractivity contribution is -0.140. The number of hydrogen-bond acceptors (Lipinski definition) is 2. The first-order valence-corrected chi connectivity index (χ1v) is 4.52. The quantitative estimate of drug-likeness (QED) is 0.639. The van der Waals surface area contributed by atoms with Crippen molar-refractivity contribution in [3.8, 4) is 0 Å². The highest BCUT2D eigenvalue weighted by atomic mass is 16.4. The fourth-order valence-corrected chi connectivity index (χ4v) is 1.35. The van der Waals surface area contributed by atoms with Gasteiger partial charge in [0, 0.05) is 6.42 Å². The minimum Gasteiger partial charge on any atom is -0.480 e. The van der Waals surface area contributed by atoms with E-state index in [2.05, 4.69) is 5.32 Å². The summed E-state index contributed by atoms with van der Waals surface area (Å²) in [5, 5.41) is 11.0. The number of amides is 1. The van der Waals surface area contributed by atoms with Gasteiger partial charge in [-0.25, -0.2) is 4.79 Å². The molecule has 1 aliphatic rings. The highest BCUT2D eigenvalue weighted by molar-refractivity contribution is 5.76. The molecule has 76 valence electrons. The average molecular weight is 195 g/mol. The minimum atomic E-state index is -1.00. The van der Waals surface area contributed by atoms with Crippen LogP contribution in [-0.4, -0.2) is 23.5 Å². The van der Waals surface area contributed by atoms with Crippen LogP contribution in [0.4, 0.5) is 0 Å². The Morgan fingerprint density at radius 2 is 2.43 bits per heavy atom. The molecule has 0 radical (unpaired) electrons. The molecule has 4 nitrogen and oxygen atoms in total. The molecule has 0 bridgehead atoms. The first-order valence-electron chi connectivity index (χ1n) is 4.52. The highest BCUT2D eigenvalue weighted by Crippen LogP contribution is 2.14. The van der Waals surface area contributed by atoms with Gasteiger partial charge in [0.25, 0.3) is 0 Å². The second-order valence-electron chi connectivity index (χ2n) is 3.14. The Bertz CT molecular complexity index is 281. The lowest BCUT2D eigenvalue weighted by Crippen LogP contribution is -2.35. The van der Waals surface area contributed by atoms with Crippen LogP contribution in [0.5, 0.6) is 0 Å². The van der Waals surface area contributed by atoms with Crippen LogP contribution in [0.2, 0.25) is 0 Å². The summed E-state index contributed by atoms with van der Waals surface area (Å²) in [5.41, 5.74) is 0.970. The van der Waals surface area contributed by atoms with Gasteiger partial charge in [0.15, 0.2) is 0 Å². The van der Waals surface area contributed by atoms with Crippen molar-refractivity contribution in [2.75, 3.05) is 0 Å². The Hall–Kier alpha value is -1.58. The van der Waals surface area contributed by atoms with E-state index in [9.17, 15) is 9.59 Å². The summed E-state index contributed by atoms with van der Waals surface area (Å²) < 4.78 is 0. The molecule has 4 heteroatoms. The Morgan fingerprint density at radius 1 is 1.64 bits per heavy atom. The molecular weight excluding hydrogens is 182 g/mol. The van der Waals surface area contributed by atoms with Crippen molar-refractivity contribution in [2.45, 2.75) is 25.3 Å². The predicted molar refractivity (Wildman–Crippen MR) is 51.7 cm³/mol. The molecule has 0 fully saturated rings. The van der Waals surface area contributed by atoms with Crippen molar-refractivity contribution in [2.24, 2.45) is 0 Å². The van der Waals surface area contributed by atoms with Gasteiger partial charge in [-0.1, -0.05) is 18.2 Å². The van der Waals surface area contributed by atoms with Gasteiger partial charge < -0.3 is 10.4 Å². The molecule has 1 amide bonds. The SMILES string of the molecule is O=CN[C@@H](CC1=CCCC=C1)C(=O)O. The molecule has 0 unspecified atom stereocenters. The van der Waals surface area contributed by atoms with Crippen molar-refractivity contribution in [3.63, 3.8) is 0 Å². The van der Waals surface area contributed by atoms with Crippen LogP contribution in [-0.2, 0) is 9.59 Å². The molecule has 0 aromatic carbocycles. The molecule has 1 atom stereocenters. The average Bonchev–Trinajstić information content (AvgIpc) is 2.18. The summed E-state index contributed by atoms with van der Waals surface area (Å²) >= 11 is 0. The van der Waals surface area contributed by atoms with E-state index in [1.165, 1.54) is 0 Å². The van der Waals surface area contributed by atoms with Crippen LogP contribution in [0.15, 0.2) is 23.8 Å². The molecule has 1 aliphatic carbocycles. The number of carboxylic acids is 1. The Kier molecular flexibility index (Phi) is 3.91. The van der Waals surface area contributed by atoms with Crippen LogP contribution in [0.3, 0.4) is 0 Å². The molecule has 0 saturated carbocycles. The van der Waals surface area contributed by atoms with Crippen molar-refractivity contribution >= 4 is 12.4 Å². The Labute approximate surface area is 82.3 Å². The van der Waals surface area contributed by atoms with E-state index in [-0.39, 0.29) is 0 Å². The molecule has 0 heterocycles. The smallest absolute Gasteiger partial charge is 0.326 e. The lowest BCUT2D eigenvalue weighted by Gasteiger charge is -2.13. The summed E-state index contributed by atoms with van der Waals surface area (Å²) in [5.74, 6) is -1.00. The first kappa shape index (κ1) is 10.5. The summed E-state index contributed by atoms with van der Waals surface area (Å²) in [4.78, 5) is 20.8. The zero-order valence-corrected chi connectivity index (χ0v) is 7.77. The number of aliphatic carboxylic acids is 1. The van der Waals surface area contributed by atoms with Gasteiger partial charge in [0.2, 0.25) is 6.41 Å². The summed E-state index contributed by atoms with van der Waals surface area (Å²) in [6.45, 7) is 0. The number of allylic oxidation sites excluding steroid dienone is 3. The molecule has 0 spiro atoms. The van der Waals surface area contributed by atoms with Crippen LogP contribution < -0.4 is 5.32 Å². The number of nitrogens with one attached hydrogen (secondary N) is 1. The number of hydrogen-bond donors (Lipinski definition) is 2. The Morgan fingerprint density at radius 3 is 2.93 bits per heavy atom. The third kappa shape index (κ3) is 3.05. The van der Waals surface area contributed by atoms with Gasteiger partial charge in [0.05, 0.1) is 0 Å². The van der Waals surface area contributed by atoms with Gasteiger partial charge in [-0.2, -0.15) is 0 Å². The van der Waals surface area contributed by atoms with E-state index in [1.54, 1.807) is 0 Å². The maximum absolute atomic E-state index is 10.7. The summed E-state index contributed by atoms with van der Waals surface area (Å²) in [6.07, 6.45) is 8.64. The minimum absolute atomic E-state index is 0.352. The number of carbonyl (C=O) groups excluding carboxylic acids is 1. The van der Waals surface area contributed by atoms with Gasteiger partial charge in [-0.05, 0) is 18.4 Å². The van der Waals surface area contributed by atoms with Crippen molar-refractivity contribution in [3.05, 3.63) is 23.8 Å². The number of rotatable bonds is 5. The first-order chi connectivity index (χ1) is 6.74. The summed E-state index contributed by atoms with van der Waals surface area (Å²) in [6, 6.07) is -0.818. The van der Waals surface area contributed by atoms with Gasteiger partial charge in [-0.3, -0.25) is 4.79 Å². The highest BCUT2D eigenvalue weighted by Gasteiger charge is 2.17. The predicted octanol–water partition coefficient (Wildman–Crippen LogP) is 0.852. The van der Waals surface area contributed by atoms with Crippen LogP contribution in [0.25, 0.3) is 0 Å². The second kappa shape index (κ2) is 5.21. The van der Waals surface area contributed by atoms with E-state index in [4.69, 9.17) is 5.11 Å². The zero-order chi connectivity index (χ0) is 10.4. The fourth-order valence-electron chi connectivity index (χ4n) is 1.35. The van der Waals surface area contributed by atoms with Crippen LogP contribution in [0.1, 0.15) is 19.3 Å². The molecule has 0 aliphatic heterocycles. The number of carboxylic acid groups (broad SMARTS) is 1. The zero-order valence-electron chi connectivity index (χ0n) is 7.77. The third-order valence-electron chi connectivity index (χ3n) is 2.08. The van der Waals surface area contributed by atoms with E-state index >= 15 is 0 Å². The van der Waals surface area contributed by atoms with Gasteiger partial charge in [0.1, 0.15) is 6.04 Å². The van der Waals surface area contributed by atoms with E-state index in [1.807, 2.05) is 18.2 Å². The maximum atomic E-state index is 10.7. The lowest BCUT2D eigenvalue weighted by atomic mass is 10.0. The second-order valence-corrected chi connectivity index (χ2v) is 3.14. The number of carbonyl (C=O) groups is 2. The topological polar surface area (TPSA) is 66.4 Å². The molecule has 14 heavy (non-hydrogen) atoms. The van der Waals surface area contributed by atoms with E-state index in [0.717, 1.165) is 18.4 Å². The molecular formula is C10H13NO3. The molecule has 0 saturated heterocycles. The van der Waals surface area contributed by atoms with Crippen molar-refractivity contribution in [1.29, 1.82) is 0 Å². The van der Waals surface area contributed by atoms with E-state index < -0.39 is 12.0 Å². The monoisotopic (exact) mass is 195 g/mol. The van der Waals surface area contributed by atoms with Gasteiger partial charge in [-0.15, -0.1) is 0 Å². The normalized spacial score (nSPS) is 17.0.